The Labute approximate surface area is 49.0 Å². The van der Waals surface area contributed by atoms with E-state index in [2.05, 4.69) is 11.5 Å². The topological polar surface area (TPSA) is 0 Å². The molecule has 6 heavy (non-hydrogen) atoms. The monoisotopic (exact) mass is 167 g/mol. The van der Waals surface area contributed by atoms with E-state index < -0.39 is 14.3 Å². The SMILES string of the molecule is [CH3][Ge]([CH3])[CH2]CCl. The Morgan fingerprint density at radius 1 is 1.50 bits per heavy atom. The summed E-state index contributed by atoms with van der Waals surface area (Å²) in [6.45, 7) is 0. The van der Waals surface area contributed by atoms with Crippen LogP contribution in [0.15, 0.2) is 0 Å². The molecule has 0 unspecified atom stereocenters. The Hall–Kier alpha value is 0.833. The summed E-state index contributed by atoms with van der Waals surface area (Å²) in [5.74, 6) is 5.55. The van der Waals surface area contributed by atoms with Gasteiger partial charge in [0.15, 0.2) is 0 Å². The second kappa shape index (κ2) is 4.00. The molecule has 0 amide bonds. The van der Waals surface area contributed by atoms with Gasteiger partial charge in [0.05, 0.1) is 0 Å². The molecule has 0 fully saturated rings. The normalized spacial score (nSPS) is 10.0. The van der Waals surface area contributed by atoms with Crippen LogP contribution in [0.5, 0.6) is 0 Å². The first-order valence-electron chi connectivity index (χ1n) is 2.12. The van der Waals surface area contributed by atoms with Crippen molar-refractivity contribution < 1.29 is 0 Å². The van der Waals surface area contributed by atoms with E-state index in [9.17, 15) is 0 Å². The van der Waals surface area contributed by atoms with Crippen LogP contribution in [0.1, 0.15) is 0 Å². The third kappa shape index (κ3) is 4.83. The second-order valence-corrected chi connectivity index (χ2v) is 8.14. The van der Waals surface area contributed by atoms with E-state index in [4.69, 9.17) is 11.6 Å². The summed E-state index contributed by atoms with van der Waals surface area (Å²) >= 11 is 4.92. The molecule has 0 aliphatic carbocycles. The van der Waals surface area contributed by atoms with Crippen molar-refractivity contribution in [1.82, 2.24) is 0 Å². The molecule has 0 heterocycles. The predicted octanol–water partition coefficient (Wildman–Crippen LogP) is 1.98. The van der Waals surface area contributed by atoms with Gasteiger partial charge in [-0.1, -0.05) is 0 Å². The zero-order valence-electron chi connectivity index (χ0n) is 4.29. The van der Waals surface area contributed by atoms with Crippen LogP contribution in [-0.2, 0) is 0 Å². The third-order valence-corrected chi connectivity index (χ3v) is 4.07. The van der Waals surface area contributed by atoms with Crippen molar-refractivity contribution in [2.24, 2.45) is 0 Å². The first-order chi connectivity index (χ1) is 2.77. The molecule has 1 radical (unpaired) electrons. The molecule has 0 aromatic rings. The van der Waals surface area contributed by atoms with E-state index in [1.165, 1.54) is 5.25 Å². The van der Waals surface area contributed by atoms with E-state index in [1.54, 1.807) is 0 Å². The van der Waals surface area contributed by atoms with Crippen molar-refractivity contribution in [3.05, 3.63) is 0 Å². The molecule has 0 saturated heterocycles. The van der Waals surface area contributed by atoms with E-state index in [0.29, 0.717) is 0 Å². The average molecular weight is 166 g/mol. The van der Waals surface area contributed by atoms with Gasteiger partial charge in [0.25, 0.3) is 0 Å². The van der Waals surface area contributed by atoms with Crippen LogP contribution in [0.2, 0.25) is 16.8 Å². The standard InChI is InChI=1S/C4H10ClGe/c1-6(2)4-3-5/h3-4H2,1-2H3. The molecule has 0 spiro atoms. The molecule has 0 aliphatic rings. The molecule has 0 aliphatic heterocycles. The van der Waals surface area contributed by atoms with Crippen molar-refractivity contribution in [2.75, 3.05) is 5.88 Å². The molecular weight excluding hydrogens is 156 g/mol. The summed E-state index contributed by atoms with van der Waals surface area (Å²) in [6.07, 6.45) is 0. The molecular formula is C4H10ClGe. The van der Waals surface area contributed by atoms with Gasteiger partial charge in [-0.05, 0) is 0 Å². The van der Waals surface area contributed by atoms with Gasteiger partial charge in [0.1, 0.15) is 0 Å². The molecule has 0 atom stereocenters. The summed E-state index contributed by atoms with van der Waals surface area (Å²) in [4.78, 5) is 0. The van der Waals surface area contributed by atoms with Crippen LogP contribution in [-0.4, -0.2) is 20.2 Å². The molecule has 2 heteroatoms. The van der Waals surface area contributed by atoms with Crippen LogP contribution in [0.3, 0.4) is 0 Å². The summed E-state index contributed by atoms with van der Waals surface area (Å²) in [7, 11) is 0. The van der Waals surface area contributed by atoms with Crippen molar-refractivity contribution in [3.63, 3.8) is 0 Å². The number of halogens is 1. The van der Waals surface area contributed by atoms with Crippen molar-refractivity contribution in [3.8, 4) is 0 Å². The van der Waals surface area contributed by atoms with Crippen LogP contribution in [0, 0.1) is 0 Å². The van der Waals surface area contributed by atoms with Crippen LogP contribution in [0.25, 0.3) is 0 Å². The first kappa shape index (κ1) is 6.83. The molecule has 0 aromatic heterocycles. The van der Waals surface area contributed by atoms with Gasteiger partial charge in [0, 0.05) is 0 Å². The van der Waals surface area contributed by atoms with Gasteiger partial charge < -0.3 is 0 Å². The Morgan fingerprint density at radius 2 is 2.00 bits per heavy atom. The fourth-order valence-corrected chi connectivity index (χ4v) is 2.95. The fourth-order valence-electron chi connectivity index (χ4n) is 0.189. The van der Waals surface area contributed by atoms with Gasteiger partial charge in [-0.3, -0.25) is 0 Å². The zero-order chi connectivity index (χ0) is 4.99. The quantitative estimate of drug-likeness (QED) is 0.434. The molecule has 0 nitrogen and oxygen atoms in total. The third-order valence-electron chi connectivity index (χ3n) is 0.594. The molecule has 37 valence electrons. The van der Waals surface area contributed by atoms with Crippen molar-refractivity contribution >= 4 is 25.9 Å². The van der Waals surface area contributed by atoms with Gasteiger partial charge in [-0.25, -0.2) is 0 Å². The molecule has 0 bridgehead atoms. The predicted molar refractivity (Wildman–Crippen MR) is 33.0 cm³/mol. The zero-order valence-corrected chi connectivity index (χ0v) is 7.15. The van der Waals surface area contributed by atoms with Gasteiger partial charge >= 0.3 is 48.6 Å². The average Bonchev–Trinajstić information content (AvgIpc) is 1.35. The van der Waals surface area contributed by atoms with Crippen molar-refractivity contribution in [1.29, 1.82) is 0 Å². The summed E-state index contributed by atoms with van der Waals surface area (Å²) in [5, 5.41) is 1.31. The van der Waals surface area contributed by atoms with E-state index in [-0.39, 0.29) is 0 Å². The number of hydrogen-bond donors (Lipinski definition) is 0. The minimum atomic E-state index is -0.516. The minimum absolute atomic E-state index is 0.516. The number of hydrogen-bond acceptors (Lipinski definition) is 0. The van der Waals surface area contributed by atoms with Crippen LogP contribution in [0.4, 0.5) is 0 Å². The molecule has 0 N–H and O–H groups in total. The van der Waals surface area contributed by atoms with Crippen LogP contribution >= 0.6 is 11.6 Å². The maximum atomic E-state index is 5.44. The first-order valence-corrected chi connectivity index (χ1v) is 8.34. The van der Waals surface area contributed by atoms with Crippen LogP contribution < -0.4 is 0 Å². The summed E-state index contributed by atoms with van der Waals surface area (Å²) in [5.41, 5.74) is 0. The van der Waals surface area contributed by atoms with Crippen molar-refractivity contribution in [2.45, 2.75) is 16.8 Å². The van der Waals surface area contributed by atoms with E-state index in [0.717, 1.165) is 5.88 Å². The Kier molecular flexibility index (Phi) is 4.56. The summed E-state index contributed by atoms with van der Waals surface area (Å²) in [6, 6.07) is 0. The number of rotatable bonds is 2. The Bertz CT molecular complexity index is 28.7. The number of alkyl halides is 1. The van der Waals surface area contributed by atoms with Gasteiger partial charge in [-0.15, -0.1) is 0 Å². The van der Waals surface area contributed by atoms with E-state index in [1.807, 2.05) is 0 Å². The van der Waals surface area contributed by atoms with E-state index >= 15 is 0 Å². The molecule has 0 saturated carbocycles. The Balaban J connectivity index is 2.63. The summed E-state index contributed by atoms with van der Waals surface area (Å²) < 4.78 is 0. The molecule has 0 aromatic carbocycles. The fraction of sp³-hybridized carbons (Fsp3) is 1.00. The molecule has 0 rings (SSSR count). The second-order valence-electron chi connectivity index (χ2n) is 1.65. The Morgan fingerprint density at radius 3 is 2.00 bits per heavy atom. The maximum absolute atomic E-state index is 5.44. The van der Waals surface area contributed by atoms with Gasteiger partial charge in [0.2, 0.25) is 0 Å². The van der Waals surface area contributed by atoms with Gasteiger partial charge in [-0.2, -0.15) is 0 Å².